The van der Waals surface area contributed by atoms with E-state index in [0.29, 0.717) is 17.0 Å². The molecule has 0 amide bonds. The van der Waals surface area contributed by atoms with Crippen LogP contribution >= 0.6 is 0 Å². The summed E-state index contributed by atoms with van der Waals surface area (Å²) in [6.45, 7) is 7.17. The molecule has 0 aliphatic carbocycles. The van der Waals surface area contributed by atoms with Crippen LogP contribution in [-0.4, -0.2) is 48.8 Å². The van der Waals surface area contributed by atoms with Crippen LogP contribution in [0.5, 0.6) is 0 Å². The minimum atomic E-state index is -0.826. The van der Waals surface area contributed by atoms with Crippen molar-refractivity contribution < 1.29 is 34.2 Å². The zero-order valence-electron chi connectivity index (χ0n) is 17.8. The molecular formula is C21H28N2O7. The lowest BCUT2D eigenvalue weighted by Crippen LogP contribution is -2.33. The average molecular weight is 420 g/mol. The van der Waals surface area contributed by atoms with Crippen molar-refractivity contribution in [1.29, 1.82) is 0 Å². The van der Waals surface area contributed by atoms with Gasteiger partial charge in [-0.15, -0.1) is 5.23 Å². The van der Waals surface area contributed by atoms with Gasteiger partial charge in [-0.25, -0.2) is 9.59 Å². The summed E-state index contributed by atoms with van der Waals surface area (Å²) >= 11 is 0. The van der Waals surface area contributed by atoms with Gasteiger partial charge in [0.25, 0.3) is 0 Å². The first-order valence-corrected chi connectivity index (χ1v) is 9.50. The molecule has 1 atom stereocenters. The quantitative estimate of drug-likeness (QED) is 0.331. The predicted molar refractivity (Wildman–Crippen MR) is 108 cm³/mol. The Morgan fingerprint density at radius 2 is 1.73 bits per heavy atom. The molecule has 1 heterocycles. The van der Waals surface area contributed by atoms with Gasteiger partial charge in [0, 0.05) is 18.5 Å². The van der Waals surface area contributed by atoms with E-state index in [2.05, 4.69) is 5.32 Å². The Bertz CT molecular complexity index is 859. The Kier molecular flexibility index (Phi) is 7.99. The molecule has 30 heavy (non-hydrogen) atoms. The maximum atomic E-state index is 12.9. The first-order valence-electron chi connectivity index (χ1n) is 9.50. The highest BCUT2D eigenvalue weighted by atomic mass is 16.8. The number of ether oxygens (including phenoxy) is 3. The molecule has 0 radical (unpaired) electrons. The molecule has 3 N–H and O–H groups in total. The monoisotopic (exact) mass is 420 g/mol. The topological polar surface area (TPSA) is 118 Å². The summed E-state index contributed by atoms with van der Waals surface area (Å²) in [6, 6.07) is 6.23. The molecule has 1 aliphatic heterocycles. The number of carbonyl (C=O) groups excluding carboxylic acids is 2. The van der Waals surface area contributed by atoms with E-state index in [-0.39, 0.29) is 41.4 Å². The van der Waals surface area contributed by atoms with Crippen molar-refractivity contribution in [2.45, 2.75) is 39.7 Å². The fourth-order valence-corrected chi connectivity index (χ4v) is 3.27. The number of esters is 2. The van der Waals surface area contributed by atoms with Gasteiger partial charge in [-0.1, -0.05) is 12.1 Å². The molecule has 9 nitrogen and oxygen atoms in total. The smallest absolute Gasteiger partial charge is 0.337 e. The maximum absolute atomic E-state index is 12.9. The van der Waals surface area contributed by atoms with Gasteiger partial charge in [0.05, 0.1) is 35.5 Å². The molecule has 0 fully saturated rings. The van der Waals surface area contributed by atoms with Crippen molar-refractivity contribution in [1.82, 2.24) is 5.32 Å². The van der Waals surface area contributed by atoms with E-state index < -0.39 is 17.9 Å². The summed E-state index contributed by atoms with van der Waals surface area (Å²) < 4.78 is 15.7. The molecule has 164 valence electrons. The molecule has 0 spiro atoms. The van der Waals surface area contributed by atoms with Gasteiger partial charge in [0.2, 0.25) is 0 Å². The summed E-state index contributed by atoms with van der Waals surface area (Å²) in [5.74, 6) is -2.02. The molecule has 1 aromatic carbocycles. The Morgan fingerprint density at radius 3 is 2.30 bits per heavy atom. The minimum absolute atomic E-state index is 0.0274. The number of allylic oxidation sites excluding steroid dienone is 2. The molecule has 0 saturated heterocycles. The van der Waals surface area contributed by atoms with Crippen LogP contribution in [0.3, 0.4) is 0 Å². The first-order chi connectivity index (χ1) is 14.2. The molecule has 9 heteroatoms. The van der Waals surface area contributed by atoms with E-state index in [1.54, 1.807) is 39.8 Å². The number of benzene rings is 1. The highest BCUT2D eigenvalue weighted by molar-refractivity contribution is 6.00. The Balaban J connectivity index is 2.59. The van der Waals surface area contributed by atoms with E-state index in [4.69, 9.17) is 14.2 Å². The fourth-order valence-electron chi connectivity index (χ4n) is 3.27. The van der Waals surface area contributed by atoms with Crippen LogP contribution in [0.4, 0.5) is 5.69 Å². The van der Waals surface area contributed by atoms with Crippen molar-refractivity contribution in [3.8, 4) is 0 Å². The van der Waals surface area contributed by atoms with E-state index in [9.17, 15) is 20.0 Å². The third-order valence-corrected chi connectivity index (χ3v) is 4.50. The average Bonchev–Trinajstić information content (AvgIpc) is 2.66. The molecule has 0 aromatic heterocycles. The zero-order valence-corrected chi connectivity index (χ0v) is 17.8. The second kappa shape index (κ2) is 10.2. The number of hydrogen-bond acceptors (Lipinski definition) is 9. The lowest BCUT2D eigenvalue weighted by Gasteiger charge is -2.31. The normalized spacial score (nSPS) is 16.5. The van der Waals surface area contributed by atoms with Gasteiger partial charge in [-0.2, -0.15) is 0 Å². The lowest BCUT2D eigenvalue weighted by molar-refractivity contribution is -0.143. The third-order valence-electron chi connectivity index (χ3n) is 4.50. The van der Waals surface area contributed by atoms with Gasteiger partial charge >= 0.3 is 11.9 Å². The number of rotatable bonds is 8. The molecule has 0 bridgehead atoms. The van der Waals surface area contributed by atoms with E-state index in [1.165, 1.54) is 19.2 Å². The van der Waals surface area contributed by atoms with E-state index in [0.717, 1.165) is 0 Å². The number of nitrogens with zero attached hydrogens (tertiary/aromatic N) is 1. The van der Waals surface area contributed by atoms with Crippen LogP contribution in [0, 0.1) is 0 Å². The number of dihydropyridines is 1. The van der Waals surface area contributed by atoms with Crippen LogP contribution in [-0.2, 0) is 23.8 Å². The highest BCUT2D eigenvalue weighted by Gasteiger charge is 2.38. The van der Waals surface area contributed by atoms with Gasteiger partial charge in [0.15, 0.2) is 0 Å². The van der Waals surface area contributed by atoms with Crippen LogP contribution in [0.2, 0.25) is 0 Å². The van der Waals surface area contributed by atoms with Crippen LogP contribution < -0.4 is 10.5 Å². The fraction of sp³-hybridized carbons (Fsp3) is 0.429. The van der Waals surface area contributed by atoms with Gasteiger partial charge in [-0.3, -0.25) is 10.4 Å². The number of methoxy groups -OCH3 is 1. The lowest BCUT2D eigenvalue weighted by atomic mass is 9.80. The van der Waals surface area contributed by atoms with Gasteiger partial charge in [0.1, 0.15) is 6.61 Å². The van der Waals surface area contributed by atoms with Crippen LogP contribution in [0.25, 0.3) is 0 Å². The Labute approximate surface area is 175 Å². The van der Waals surface area contributed by atoms with Crippen molar-refractivity contribution >= 4 is 17.6 Å². The Morgan fingerprint density at radius 1 is 1.10 bits per heavy atom. The molecular weight excluding hydrogens is 392 g/mol. The zero-order chi connectivity index (χ0) is 22.4. The second-order valence-corrected chi connectivity index (χ2v) is 7.10. The summed E-state index contributed by atoms with van der Waals surface area (Å²) in [4.78, 5) is 25.9. The van der Waals surface area contributed by atoms with Crippen LogP contribution in [0.1, 0.15) is 39.2 Å². The van der Waals surface area contributed by atoms with Crippen LogP contribution in [0.15, 0.2) is 46.8 Å². The summed E-state index contributed by atoms with van der Waals surface area (Å²) in [7, 11) is 1.50. The van der Waals surface area contributed by atoms with Gasteiger partial charge in [-0.05, 0) is 45.4 Å². The molecule has 1 unspecified atom stereocenters. The minimum Gasteiger partial charge on any atom is -0.460 e. The predicted octanol–water partition coefficient (Wildman–Crippen LogP) is 2.65. The van der Waals surface area contributed by atoms with Crippen molar-refractivity contribution in [3.05, 3.63) is 52.4 Å². The molecule has 0 saturated carbocycles. The van der Waals surface area contributed by atoms with E-state index in [1.807, 2.05) is 0 Å². The highest BCUT2D eigenvalue weighted by Crippen LogP contribution is 2.40. The van der Waals surface area contributed by atoms with Crippen molar-refractivity contribution in [2.24, 2.45) is 0 Å². The first kappa shape index (κ1) is 23.4. The van der Waals surface area contributed by atoms with Gasteiger partial charge < -0.3 is 19.5 Å². The maximum Gasteiger partial charge on any atom is 0.337 e. The molecule has 1 aromatic rings. The number of anilines is 1. The second-order valence-electron chi connectivity index (χ2n) is 7.10. The summed E-state index contributed by atoms with van der Waals surface area (Å²) in [5.41, 5.74) is 2.10. The standard InChI is InChI=1S/C21H28N2O7/c1-12(2)30-21(25)18-14(4)22-13(3)17(20(24)29-10-9-28-5)19(18)15-7-6-8-16(11-15)23(26)27/h6-8,11-12,19,22,26-27H,9-10H2,1-5H3. The van der Waals surface area contributed by atoms with E-state index >= 15 is 0 Å². The third kappa shape index (κ3) is 5.38. The molecule has 2 rings (SSSR count). The number of nitrogens with one attached hydrogen (secondary N) is 1. The molecule has 1 aliphatic rings. The summed E-state index contributed by atoms with van der Waals surface area (Å²) in [6.07, 6.45) is -0.362. The largest absolute Gasteiger partial charge is 0.460 e. The SMILES string of the molecule is COCCOC(=O)C1=C(C)NC(C)=C(C(=O)OC(C)C)C1c1cccc(N(O)O)c1. The van der Waals surface area contributed by atoms with Crippen molar-refractivity contribution in [3.63, 3.8) is 0 Å². The van der Waals surface area contributed by atoms with Crippen molar-refractivity contribution in [2.75, 3.05) is 25.6 Å². The number of carbonyl (C=O) groups is 2. The number of hydrogen-bond donors (Lipinski definition) is 3. The Hall–Kier alpha value is -2.88. The summed E-state index contributed by atoms with van der Waals surface area (Å²) in [5, 5.41) is 21.9.